The maximum atomic E-state index is 13.1. The van der Waals surface area contributed by atoms with Crippen LogP contribution in [0.4, 0.5) is 0 Å². The lowest BCUT2D eigenvalue weighted by molar-refractivity contribution is 0.0599. The van der Waals surface area contributed by atoms with E-state index in [1.807, 2.05) is 36.9 Å². The zero-order valence-electron chi connectivity index (χ0n) is 14.5. The third kappa shape index (κ3) is 3.33. The van der Waals surface area contributed by atoms with E-state index in [2.05, 4.69) is 15.2 Å². The van der Waals surface area contributed by atoms with Crippen LogP contribution in [0.2, 0.25) is 0 Å². The van der Waals surface area contributed by atoms with Crippen molar-refractivity contribution in [3.8, 4) is 0 Å². The van der Waals surface area contributed by atoms with Gasteiger partial charge in [0.25, 0.3) is 5.91 Å². The van der Waals surface area contributed by atoms with Gasteiger partial charge in [0, 0.05) is 19.2 Å². The summed E-state index contributed by atoms with van der Waals surface area (Å²) >= 11 is 0. The summed E-state index contributed by atoms with van der Waals surface area (Å²) in [5.41, 5.74) is 2.87. The minimum absolute atomic E-state index is 0.0685. The van der Waals surface area contributed by atoms with E-state index in [-0.39, 0.29) is 11.9 Å². The van der Waals surface area contributed by atoms with Gasteiger partial charge in [-0.15, -0.1) is 0 Å². The first kappa shape index (κ1) is 16.6. The van der Waals surface area contributed by atoms with Gasteiger partial charge in [-0.1, -0.05) is 17.7 Å². The number of rotatable bonds is 4. The Balaban J connectivity index is 1.88. The van der Waals surface area contributed by atoms with E-state index in [0.29, 0.717) is 18.3 Å². The van der Waals surface area contributed by atoms with E-state index < -0.39 is 0 Å². The van der Waals surface area contributed by atoms with Gasteiger partial charge in [0.2, 0.25) is 0 Å². The number of benzene rings is 1. The third-order valence-electron chi connectivity index (χ3n) is 4.52. The van der Waals surface area contributed by atoms with Crippen LogP contribution in [-0.2, 0) is 11.3 Å². The van der Waals surface area contributed by atoms with Crippen molar-refractivity contribution in [1.82, 2.24) is 20.1 Å². The number of hydrogen-bond donors (Lipinski definition) is 1. The van der Waals surface area contributed by atoms with E-state index >= 15 is 0 Å². The average molecular weight is 328 g/mol. The van der Waals surface area contributed by atoms with Gasteiger partial charge in [-0.25, -0.2) is 4.98 Å². The molecule has 1 amide bonds. The van der Waals surface area contributed by atoms with Crippen LogP contribution < -0.4 is 0 Å². The Labute approximate surface area is 142 Å². The fourth-order valence-electron chi connectivity index (χ4n) is 3.22. The molecule has 6 nitrogen and oxygen atoms in total. The fourth-order valence-corrected chi connectivity index (χ4v) is 3.22. The van der Waals surface area contributed by atoms with Crippen LogP contribution in [0.1, 0.15) is 58.4 Å². The summed E-state index contributed by atoms with van der Waals surface area (Å²) in [5.74, 6) is 1.44. The fraction of sp³-hybridized carbons (Fsp3) is 0.500. The van der Waals surface area contributed by atoms with E-state index in [4.69, 9.17) is 4.74 Å². The first-order chi connectivity index (χ1) is 11.6. The number of likely N-dealkylation sites (tertiary alicyclic amines) is 1. The molecular formula is C18H24N4O2. The lowest BCUT2D eigenvalue weighted by Gasteiger charge is -2.34. The zero-order chi connectivity index (χ0) is 17.1. The SMILES string of the molecule is COCc1nc([C@H]2CCCCN2C(=O)c2cc(C)ccc2C)n[nH]1. The lowest BCUT2D eigenvalue weighted by atomic mass is 9.98. The molecule has 1 N–H and O–H groups in total. The van der Waals surface area contributed by atoms with Crippen LogP contribution in [0.3, 0.4) is 0 Å². The molecule has 1 saturated heterocycles. The number of nitrogens with zero attached hydrogens (tertiary/aromatic N) is 3. The predicted octanol–water partition coefficient (Wildman–Crippen LogP) is 2.94. The Morgan fingerprint density at radius 3 is 3.00 bits per heavy atom. The lowest BCUT2D eigenvalue weighted by Crippen LogP contribution is -2.39. The monoisotopic (exact) mass is 328 g/mol. The van der Waals surface area contributed by atoms with E-state index in [9.17, 15) is 4.79 Å². The van der Waals surface area contributed by atoms with Gasteiger partial charge in [0.05, 0.1) is 6.04 Å². The molecule has 1 aliphatic rings. The molecule has 128 valence electrons. The number of aryl methyl sites for hydroxylation is 2. The van der Waals surface area contributed by atoms with Crippen molar-refractivity contribution < 1.29 is 9.53 Å². The Bertz CT molecular complexity index is 726. The second kappa shape index (κ2) is 7.13. The highest BCUT2D eigenvalue weighted by Gasteiger charge is 2.32. The highest BCUT2D eigenvalue weighted by Crippen LogP contribution is 2.31. The molecule has 24 heavy (non-hydrogen) atoms. The first-order valence-corrected chi connectivity index (χ1v) is 8.38. The minimum Gasteiger partial charge on any atom is -0.377 e. The topological polar surface area (TPSA) is 71.1 Å². The highest BCUT2D eigenvalue weighted by molar-refractivity contribution is 5.96. The van der Waals surface area contributed by atoms with Crippen LogP contribution in [0.25, 0.3) is 0 Å². The standard InChI is InChI=1S/C18H24N4O2/c1-12-7-8-13(2)14(10-12)18(23)22-9-5-4-6-15(22)17-19-16(11-24-3)20-21-17/h7-8,10,15H,4-6,9,11H2,1-3H3,(H,19,20,21)/t15-/m1/s1. The number of carbonyl (C=O) groups is 1. The van der Waals surface area contributed by atoms with Gasteiger partial charge < -0.3 is 9.64 Å². The second-order valence-electron chi connectivity index (χ2n) is 6.40. The molecule has 0 radical (unpaired) electrons. The van der Waals surface area contributed by atoms with Crippen LogP contribution in [0.15, 0.2) is 18.2 Å². The molecule has 0 spiro atoms. The molecule has 1 aromatic carbocycles. The molecule has 0 aliphatic carbocycles. The Hall–Kier alpha value is -2.21. The average Bonchev–Trinajstić information content (AvgIpc) is 3.05. The second-order valence-corrected chi connectivity index (χ2v) is 6.40. The van der Waals surface area contributed by atoms with Crippen molar-refractivity contribution >= 4 is 5.91 Å². The number of carbonyl (C=O) groups excluding carboxylic acids is 1. The van der Waals surface area contributed by atoms with Gasteiger partial charge >= 0.3 is 0 Å². The number of piperidine rings is 1. The molecule has 1 aliphatic heterocycles. The Morgan fingerprint density at radius 2 is 2.21 bits per heavy atom. The predicted molar refractivity (Wildman–Crippen MR) is 90.6 cm³/mol. The molecule has 1 fully saturated rings. The van der Waals surface area contributed by atoms with Gasteiger partial charge in [-0.05, 0) is 44.7 Å². The molecule has 0 bridgehead atoms. The minimum atomic E-state index is -0.0759. The van der Waals surface area contributed by atoms with Gasteiger partial charge in [-0.3, -0.25) is 9.89 Å². The number of ether oxygens (including phenoxy) is 1. The molecule has 2 heterocycles. The number of methoxy groups -OCH3 is 1. The van der Waals surface area contributed by atoms with Crippen molar-refractivity contribution in [3.63, 3.8) is 0 Å². The number of aromatic nitrogens is 3. The highest BCUT2D eigenvalue weighted by atomic mass is 16.5. The Kier molecular flexibility index (Phi) is 4.94. The third-order valence-corrected chi connectivity index (χ3v) is 4.52. The number of aromatic amines is 1. The largest absolute Gasteiger partial charge is 0.377 e. The van der Waals surface area contributed by atoms with Gasteiger partial charge in [0.1, 0.15) is 6.61 Å². The van der Waals surface area contributed by atoms with Gasteiger partial charge in [-0.2, -0.15) is 5.10 Å². The van der Waals surface area contributed by atoms with Crippen LogP contribution in [-0.4, -0.2) is 39.6 Å². The first-order valence-electron chi connectivity index (χ1n) is 8.38. The summed E-state index contributed by atoms with van der Waals surface area (Å²) in [6, 6.07) is 5.93. The molecule has 1 aromatic heterocycles. The molecule has 2 aromatic rings. The van der Waals surface area contributed by atoms with Crippen molar-refractivity contribution in [1.29, 1.82) is 0 Å². The summed E-state index contributed by atoms with van der Waals surface area (Å²) in [5, 5.41) is 7.21. The molecular weight excluding hydrogens is 304 g/mol. The van der Waals surface area contributed by atoms with Crippen LogP contribution in [0.5, 0.6) is 0 Å². The molecule has 1 atom stereocenters. The maximum Gasteiger partial charge on any atom is 0.254 e. The van der Waals surface area contributed by atoms with Gasteiger partial charge in [0.15, 0.2) is 11.6 Å². The van der Waals surface area contributed by atoms with E-state index in [0.717, 1.165) is 42.5 Å². The smallest absolute Gasteiger partial charge is 0.254 e. The summed E-state index contributed by atoms with van der Waals surface area (Å²) in [6.45, 7) is 5.13. The summed E-state index contributed by atoms with van der Waals surface area (Å²) in [6.07, 6.45) is 2.98. The Morgan fingerprint density at radius 1 is 1.38 bits per heavy atom. The summed E-state index contributed by atoms with van der Waals surface area (Å²) in [4.78, 5) is 19.6. The summed E-state index contributed by atoms with van der Waals surface area (Å²) in [7, 11) is 1.62. The molecule has 0 saturated carbocycles. The maximum absolute atomic E-state index is 13.1. The van der Waals surface area contributed by atoms with Crippen molar-refractivity contribution in [2.75, 3.05) is 13.7 Å². The number of amides is 1. The number of H-pyrrole nitrogens is 1. The van der Waals surface area contributed by atoms with Crippen LogP contribution >= 0.6 is 0 Å². The van der Waals surface area contributed by atoms with Crippen LogP contribution in [0, 0.1) is 13.8 Å². The molecule has 3 rings (SSSR count). The molecule has 0 unspecified atom stereocenters. The number of hydrogen-bond acceptors (Lipinski definition) is 4. The molecule has 6 heteroatoms. The normalized spacial score (nSPS) is 18.0. The summed E-state index contributed by atoms with van der Waals surface area (Å²) < 4.78 is 5.09. The van der Waals surface area contributed by atoms with Crippen molar-refractivity contribution in [2.24, 2.45) is 0 Å². The zero-order valence-corrected chi connectivity index (χ0v) is 14.5. The quantitative estimate of drug-likeness (QED) is 0.937. The van der Waals surface area contributed by atoms with Crippen molar-refractivity contribution in [3.05, 3.63) is 46.5 Å². The number of nitrogens with one attached hydrogen (secondary N) is 1. The van der Waals surface area contributed by atoms with E-state index in [1.165, 1.54) is 0 Å². The van der Waals surface area contributed by atoms with E-state index in [1.54, 1.807) is 7.11 Å². The van der Waals surface area contributed by atoms with Crippen molar-refractivity contribution in [2.45, 2.75) is 45.8 Å².